The number of carbonyl (C=O) groups is 1. The summed E-state index contributed by atoms with van der Waals surface area (Å²) in [7, 11) is 0. The summed E-state index contributed by atoms with van der Waals surface area (Å²) >= 11 is 6.45. The zero-order chi connectivity index (χ0) is 22.7. The van der Waals surface area contributed by atoms with E-state index in [0.29, 0.717) is 42.8 Å². The quantitative estimate of drug-likeness (QED) is 0.514. The van der Waals surface area contributed by atoms with E-state index >= 15 is 0 Å². The van der Waals surface area contributed by atoms with Gasteiger partial charge in [0.15, 0.2) is 11.6 Å². The van der Waals surface area contributed by atoms with E-state index in [1.54, 1.807) is 12.3 Å². The number of pyridine rings is 2. The molecule has 0 bridgehead atoms. The first kappa shape index (κ1) is 22.5. The van der Waals surface area contributed by atoms with Crippen LogP contribution in [0.2, 0.25) is 5.02 Å². The second-order valence-corrected chi connectivity index (χ2v) is 8.44. The molecule has 2 aromatic rings. The van der Waals surface area contributed by atoms with Gasteiger partial charge in [0.2, 0.25) is 0 Å². The van der Waals surface area contributed by atoms with Crippen LogP contribution in [0, 0.1) is 5.82 Å². The zero-order valence-corrected chi connectivity index (χ0v) is 18.4. The first-order chi connectivity index (χ1) is 15.4. The van der Waals surface area contributed by atoms with Gasteiger partial charge in [-0.25, -0.2) is 14.4 Å². The van der Waals surface area contributed by atoms with Gasteiger partial charge in [-0.05, 0) is 25.0 Å². The molecule has 6 N–H and O–H groups in total. The number of primary amides is 1. The fourth-order valence-electron chi connectivity index (χ4n) is 4.03. The highest BCUT2D eigenvalue weighted by molar-refractivity contribution is 6.33. The Morgan fingerprint density at radius 3 is 2.66 bits per heavy atom. The fourth-order valence-corrected chi connectivity index (χ4v) is 4.32. The second-order valence-electron chi connectivity index (χ2n) is 8.03. The highest BCUT2D eigenvalue weighted by Gasteiger charge is 2.25. The molecule has 11 heteroatoms. The van der Waals surface area contributed by atoms with Crippen LogP contribution in [0.1, 0.15) is 36.0 Å². The molecule has 2 aromatic heterocycles. The molecule has 32 heavy (non-hydrogen) atoms. The second kappa shape index (κ2) is 9.85. The van der Waals surface area contributed by atoms with Gasteiger partial charge in [0.25, 0.3) is 5.91 Å². The average molecular weight is 464 g/mol. The third-order valence-electron chi connectivity index (χ3n) is 5.78. The first-order valence-electron chi connectivity index (χ1n) is 10.7. The topological polar surface area (TPSA) is 131 Å². The summed E-state index contributed by atoms with van der Waals surface area (Å²) in [5.74, 6) is -0.687. The van der Waals surface area contributed by atoms with Crippen molar-refractivity contribution in [3.05, 3.63) is 34.7 Å². The lowest BCUT2D eigenvalue weighted by molar-refractivity contribution is 0.100. The normalized spacial score (nSPS) is 21.3. The van der Waals surface area contributed by atoms with E-state index in [2.05, 4.69) is 20.6 Å². The van der Waals surface area contributed by atoms with E-state index in [4.69, 9.17) is 27.8 Å². The number of aromatic nitrogens is 2. The highest BCUT2D eigenvalue weighted by atomic mass is 35.5. The van der Waals surface area contributed by atoms with Crippen LogP contribution in [0.15, 0.2) is 18.3 Å². The molecule has 1 saturated carbocycles. The van der Waals surface area contributed by atoms with Gasteiger partial charge in [0.05, 0.1) is 35.7 Å². The molecule has 1 amide bonds. The molecule has 0 aromatic carbocycles. The average Bonchev–Trinajstić information content (AvgIpc) is 2.78. The molecule has 4 rings (SSSR count). The summed E-state index contributed by atoms with van der Waals surface area (Å²) in [6.45, 7) is 2.62. The van der Waals surface area contributed by atoms with E-state index in [0.717, 1.165) is 31.7 Å². The number of hydrogen-bond acceptors (Lipinski definition) is 8. The molecule has 2 fully saturated rings. The Bertz CT molecular complexity index is 987. The van der Waals surface area contributed by atoms with Gasteiger partial charge in [-0.15, -0.1) is 0 Å². The summed E-state index contributed by atoms with van der Waals surface area (Å²) in [6, 6.07) is 2.57. The van der Waals surface area contributed by atoms with Crippen LogP contribution >= 0.6 is 11.6 Å². The van der Waals surface area contributed by atoms with Crippen molar-refractivity contribution in [2.24, 2.45) is 11.5 Å². The monoisotopic (exact) mass is 463 g/mol. The maximum atomic E-state index is 14.7. The minimum Gasteiger partial charge on any atom is -0.378 e. The van der Waals surface area contributed by atoms with Crippen molar-refractivity contribution < 1.29 is 13.9 Å². The number of rotatable bonds is 6. The molecule has 9 nitrogen and oxygen atoms in total. The van der Waals surface area contributed by atoms with Crippen molar-refractivity contribution in [2.75, 3.05) is 41.8 Å². The molecule has 0 spiro atoms. The molecule has 0 unspecified atom stereocenters. The highest BCUT2D eigenvalue weighted by Crippen LogP contribution is 2.30. The predicted molar refractivity (Wildman–Crippen MR) is 122 cm³/mol. The Morgan fingerprint density at radius 2 is 1.97 bits per heavy atom. The Morgan fingerprint density at radius 1 is 1.22 bits per heavy atom. The number of morpholine rings is 1. The minimum atomic E-state index is -0.802. The fraction of sp³-hybridized carbons (Fsp3) is 0.476. The van der Waals surface area contributed by atoms with Crippen LogP contribution in [-0.2, 0) is 4.74 Å². The van der Waals surface area contributed by atoms with Gasteiger partial charge in [0, 0.05) is 25.2 Å². The van der Waals surface area contributed by atoms with Gasteiger partial charge in [-0.3, -0.25) is 4.79 Å². The van der Waals surface area contributed by atoms with Crippen LogP contribution in [0.4, 0.5) is 27.5 Å². The van der Waals surface area contributed by atoms with E-state index in [1.165, 1.54) is 0 Å². The molecule has 1 aliphatic carbocycles. The Balaban J connectivity index is 1.59. The summed E-state index contributed by atoms with van der Waals surface area (Å²) in [5, 5.41) is 6.53. The van der Waals surface area contributed by atoms with Crippen molar-refractivity contribution in [3.63, 3.8) is 0 Å². The van der Waals surface area contributed by atoms with Gasteiger partial charge < -0.3 is 31.7 Å². The van der Waals surface area contributed by atoms with Crippen LogP contribution in [0.25, 0.3) is 0 Å². The number of anilines is 4. The Labute approximate surface area is 190 Å². The van der Waals surface area contributed by atoms with Crippen molar-refractivity contribution in [2.45, 2.75) is 37.8 Å². The number of hydrogen-bond donors (Lipinski definition) is 4. The minimum absolute atomic E-state index is 0.0174. The molecule has 3 heterocycles. The van der Waals surface area contributed by atoms with E-state index in [-0.39, 0.29) is 29.3 Å². The largest absolute Gasteiger partial charge is 0.378 e. The number of halogens is 2. The van der Waals surface area contributed by atoms with E-state index < -0.39 is 11.7 Å². The summed E-state index contributed by atoms with van der Waals surface area (Å²) in [5.41, 5.74) is 12.1. The Hall–Kier alpha value is -2.69. The van der Waals surface area contributed by atoms with Crippen molar-refractivity contribution in [3.8, 4) is 0 Å². The van der Waals surface area contributed by atoms with Gasteiger partial charge in [0.1, 0.15) is 11.6 Å². The van der Waals surface area contributed by atoms with Crippen molar-refractivity contribution in [1.29, 1.82) is 0 Å². The lowest BCUT2D eigenvalue weighted by Crippen LogP contribution is -2.43. The van der Waals surface area contributed by atoms with Crippen LogP contribution in [0.5, 0.6) is 0 Å². The number of nitrogens with zero attached hydrogens (tertiary/aromatic N) is 3. The van der Waals surface area contributed by atoms with Crippen LogP contribution < -0.4 is 27.0 Å². The van der Waals surface area contributed by atoms with Gasteiger partial charge in [-0.2, -0.15) is 0 Å². The lowest BCUT2D eigenvalue weighted by atomic mass is 9.91. The van der Waals surface area contributed by atoms with Crippen LogP contribution in [0.3, 0.4) is 0 Å². The smallest absolute Gasteiger partial charge is 0.252 e. The zero-order valence-electron chi connectivity index (χ0n) is 17.6. The molecular weight excluding hydrogens is 437 g/mol. The van der Waals surface area contributed by atoms with Crippen molar-refractivity contribution >= 4 is 40.6 Å². The third kappa shape index (κ3) is 5.03. The number of ether oxygens (including phenoxy) is 1. The molecule has 1 aliphatic heterocycles. The number of amides is 1. The molecule has 2 aliphatic rings. The molecule has 172 valence electrons. The van der Waals surface area contributed by atoms with Gasteiger partial charge >= 0.3 is 0 Å². The van der Waals surface area contributed by atoms with E-state index in [9.17, 15) is 9.18 Å². The summed E-state index contributed by atoms with van der Waals surface area (Å²) in [6.07, 6.45) is 5.33. The standard InChI is InChI=1S/C21H27ClFN7O2/c22-14-9-12(11-26-21(14)30-5-7-32-8-6-30)27-19-13(18(25)31)10-15(23)20(29-19)28-17-4-2-1-3-16(17)24/h9-11,16-17H,1-8,24H2,(H2,25,31)(H2,27,28,29)/t16-,17+/m0/s1. The molecular formula is C21H27ClFN7O2. The lowest BCUT2D eigenvalue weighted by Gasteiger charge is -2.30. The van der Waals surface area contributed by atoms with E-state index in [1.807, 2.05) is 4.90 Å². The first-order valence-corrected chi connectivity index (χ1v) is 11.1. The maximum absolute atomic E-state index is 14.7. The number of carbonyl (C=O) groups excluding carboxylic acids is 1. The summed E-state index contributed by atoms with van der Waals surface area (Å²) < 4.78 is 20.0. The van der Waals surface area contributed by atoms with Crippen molar-refractivity contribution in [1.82, 2.24) is 9.97 Å². The third-order valence-corrected chi connectivity index (χ3v) is 6.06. The SMILES string of the molecule is NC(=O)c1cc(F)c(N[C@@H]2CCCC[C@@H]2N)nc1Nc1cnc(N2CCOCC2)c(Cl)c1. The summed E-state index contributed by atoms with van der Waals surface area (Å²) in [4.78, 5) is 22.7. The molecule has 2 atom stereocenters. The van der Waals surface area contributed by atoms with Crippen LogP contribution in [-0.4, -0.2) is 54.3 Å². The van der Waals surface area contributed by atoms with Gasteiger partial charge in [-0.1, -0.05) is 24.4 Å². The number of nitrogens with one attached hydrogen (secondary N) is 2. The molecule has 1 saturated heterocycles. The maximum Gasteiger partial charge on any atom is 0.252 e. The predicted octanol–water partition coefficient (Wildman–Crippen LogP) is 2.63. The number of nitrogens with two attached hydrogens (primary N) is 2. The Kier molecular flexibility index (Phi) is 6.92. The molecule has 0 radical (unpaired) electrons.